The zero-order valence-electron chi connectivity index (χ0n) is 24.4. The van der Waals surface area contributed by atoms with Crippen LogP contribution in [-0.4, -0.2) is 123 Å². The van der Waals surface area contributed by atoms with Gasteiger partial charge in [0.15, 0.2) is 12.4 Å². The van der Waals surface area contributed by atoms with Crippen LogP contribution in [0.5, 0.6) is 0 Å². The summed E-state index contributed by atoms with van der Waals surface area (Å²) in [6, 6.07) is 0. The molecule has 44 heavy (non-hydrogen) atoms. The Kier molecular flexibility index (Phi) is 11.4. The third-order valence-corrected chi connectivity index (χ3v) is 8.20. The number of allylic oxidation sites excluding steroid dienone is 2. The Balaban J connectivity index is 1.72. The highest BCUT2D eigenvalue weighted by Crippen LogP contribution is 2.39. The van der Waals surface area contributed by atoms with Crippen LogP contribution in [0.3, 0.4) is 0 Å². The Bertz CT molecular complexity index is 1200. The molecule has 1 aliphatic carbocycles. The number of carbonyl (C=O) groups is 2. The maximum atomic E-state index is 12.9. The number of aliphatic hydroxyl groups excluding tert-OH is 4. The van der Waals surface area contributed by atoms with Crippen molar-refractivity contribution in [1.29, 1.82) is 0 Å². The van der Waals surface area contributed by atoms with E-state index in [-0.39, 0.29) is 24.3 Å². The number of hydrogen-bond acceptors (Lipinski definition) is 13. The molecule has 7 N–H and O–H groups in total. The number of β-amino-alcohol motifs (C(OH)–C–C–N with tert-alkyl or cyclic N) is 1. The number of aliphatic carboxylic acids is 1. The van der Waals surface area contributed by atoms with Crippen molar-refractivity contribution in [1.82, 2.24) is 4.90 Å². The summed E-state index contributed by atoms with van der Waals surface area (Å²) in [5, 5.41) is 70.1. The summed E-state index contributed by atoms with van der Waals surface area (Å²) < 4.78 is 22.3. The molecule has 244 valence electrons. The zero-order chi connectivity index (χ0) is 32.0. The number of rotatable bonds is 10. The average molecular weight is 624 g/mol. The molecule has 1 saturated carbocycles. The van der Waals surface area contributed by atoms with Gasteiger partial charge in [0.1, 0.15) is 12.2 Å². The van der Waals surface area contributed by atoms with Crippen molar-refractivity contribution < 1.29 is 64.3 Å². The summed E-state index contributed by atoms with van der Waals surface area (Å²) in [6.45, 7) is -0.483. The Hall–Kier alpha value is -3.08. The highest BCUT2D eigenvalue weighted by atomic mass is 16.8. The number of ether oxygens (including phenoxy) is 4. The molecule has 2 fully saturated rings. The molecule has 0 amide bonds. The van der Waals surface area contributed by atoms with Crippen molar-refractivity contribution in [2.45, 2.75) is 68.8 Å². The molecule has 14 nitrogen and oxygen atoms in total. The third-order valence-electron chi connectivity index (χ3n) is 8.20. The number of carboxylic acids is 1. The van der Waals surface area contributed by atoms with E-state index in [1.165, 1.54) is 19.4 Å². The van der Waals surface area contributed by atoms with Gasteiger partial charge in [-0.25, -0.2) is 9.59 Å². The van der Waals surface area contributed by atoms with Crippen molar-refractivity contribution in [3.8, 4) is 0 Å². The van der Waals surface area contributed by atoms with E-state index in [1.54, 1.807) is 17.1 Å². The lowest BCUT2D eigenvalue weighted by Crippen LogP contribution is -2.68. The molecular formula is C30H41NO13. The van der Waals surface area contributed by atoms with Crippen LogP contribution in [0, 0.1) is 11.8 Å². The number of methoxy groups -OCH3 is 1. The molecule has 0 spiro atoms. The van der Waals surface area contributed by atoms with Crippen molar-refractivity contribution in [3.05, 3.63) is 59.1 Å². The van der Waals surface area contributed by atoms with Crippen LogP contribution in [0.15, 0.2) is 59.1 Å². The SMILES string of the molecule is COC(=O)C1=CO[C@@H](O[C@@H]2O[C@H](CO)[C@@H](O)C(O)(O)[C@H]2O)[C@H](C=C2CCCCC2)[C@@H]1C=CC1=CC(C(=O)O)=CN(CCO)C1. The average Bonchev–Trinajstić information content (AvgIpc) is 3.01. The zero-order valence-corrected chi connectivity index (χ0v) is 24.4. The van der Waals surface area contributed by atoms with Crippen LogP contribution < -0.4 is 0 Å². The smallest absolute Gasteiger partial charge is 0.337 e. The van der Waals surface area contributed by atoms with Crippen LogP contribution in [0.1, 0.15) is 32.1 Å². The quantitative estimate of drug-likeness (QED) is 0.0921. The predicted octanol–water partition coefficient (Wildman–Crippen LogP) is -0.582. The topological polar surface area (TPSA) is 216 Å². The Morgan fingerprint density at radius 3 is 2.48 bits per heavy atom. The van der Waals surface area contributed by atoms with Crippen LogP contribution in [0.2, 0.25) is 0 Å². The first-order chi connectivity index (χ1) is 21.0. The minimum Gasteiger partial charge on any atom is -0.478 e. The Morgan fingerprint density at radius 2 is 1.84 bits per heavy atom. The summed E-state index contributed by atoms with van der Waals surface area (Å²) in [5.74, 6) is -6.40. The van der Waals surface area contributed by atoms with Gasteiger partial charge in [0, 0.05) is 25.2 Å². The van der Waals surface area contributed by atoms with Crippen molar-refractivity contribution in [3.63, 3.8) is 0 Å². The van der Waals surface area contributed by atoms with Gasteiger partial charge in [-0.15, -0.1) is 0 Å². The molecule has 3 heterocycles. The molecule has 4 rings (SSSR count). The summed E-state index contributed by atoms with van der Waals surface area (Å²) in [7, 11) is 1.22. The van der Waals surface area contributed by atoms with Gasteiger partial charge in [0.2, 0.25) is 12.1 Å². The van der Waals surface area contributed by atoms with Gasteiger partial charge in [0.05, 0.1) is 43.6 Å². The van der Waals surface area contributed by atoms with E-state index in [9.17, 15) is 45.3 Å². The van der Waals surface area contributed by atoms with Crippen molar-refractivity contribution in [2.24, 2.45) is 11.8 Å². The molecule has 14 heteroatoms. The second kappa shape index (κ2) is 14.8. The molecule has 0 unspecified atom stereocenters. The second-order valence-electron chi connectivity index (χ2n) is 11.3. The maximum Gasteiger partial charge on any atom is 0.337 e. The Morgan fingerprint density at radius 1 is 1.11 bits per heavy atom. The number of carboxylic acid groups (broad SMARTS) is 1. The second-order valence-corrected chi connectivity index (χ2v) is 11.3. The van der Waals surface area contributed by atoms with Gasteiger partial charge < -0.3 is 59.6 Å². The van der Waals surface area contributed by atoms with Crippen molar-refractivity contribution >= 4 is 11.9 Å². The van der Waals surface area contributed by atoms with Gasteiger partial charge in [-0.05, 0) is 37.3 Å². The minimum absolute atomic E-state index is 0.0164. The van der Waals surface area contributed by atoms with Crippen LogP contribution >= 0.6 is 0 Å². The molecule has 3 aliphatic heterocycles. The van der Waals surface area contributed by atoms with Gasteiger partial charge in [-0.2, -0.15) is 0 Å². The molecule has 0 aromatic rings. The van der Waals surface area contributed by atoms with Crippen LogP contribution in [0.4, 0.5) is 0 Å². The first-order valence-corrected chi connectivity index (χ1v) is 14.5. The first kappa shape index (κ1) is 33.8. The number of nitrogens with zero attached hydrogens (tertiary/aromatic N) is 1. The molecular weight excluding hydrogens is 582 g/mol. The van der Waals surface area contributed by atoms with E-state index in [0.29, 0.717) is 12.1 Å². The van der Waals surface area contributed by atoms with Gasteiger partial charge in [-0.3, -0.25) is 0 Å². The number of esters is 1. The normalized spacial score (nSPS) is 32.3. The molecule has 0 radical (unpaired) electrons. The van der Waals surface area contributed by atoms with E-state index in [1.807, 2.05) is 6.08 Å². The summed E-state index contributed by atoms with van der Waals surface area (Å²) in [6.07, 6.45) is 5.26. The monoisotopic (exact) mass is 623 g/mol. The fourth-order valence-corrected chi connectivity index (χ4v) is 5.80. The van der Waals surface area contributed by atoms with E-state index in [4.69, 9.17) is 18.9 Å². The summed E-state index contributed by atoms with van der Waals surface area (Å²) in [5.41, 5.74) is 1.82. The van der Waals surface area contributed by atoms with Crippen molar-refractivity contribution in [2.75, 3.05) is 33.4 Å². The fourth-order valence-electron chi connectivity index (χ4n) is 5.80. The number of hydrogen-bond donors (Lipinski definition) is 7. The molecule has 0 aromatic heterocycles. The highest BCUT2D eigenvalue weighted by molar-refractivity contribution is 5.90. The Labute approximate surface area is 254 Å². The molecule has 0 aromatic carbocycles. The first-order valence-electron chi connectivity index (χ1n) is 14.5. The van der Waals surface area contributed by atoms with E-state index in [0.717, 1.165) is 43.9 Å². The van der Waals surface area contributed by atoms with E-state index >= 15 is 0 Å². The number of carbonyl (C=O) groups excluding carboxylic acids is 1. The van der Waals surface area contributed by atoms with E-state index < -0.39 is 67.1 Å². The van der Waals surface area contributed by atoms with Crippen LogP contribution in [0.25, 0.3) is 0 Å². The lowest BCUT2D eigenvalue weighted by atomic mass is 9.80. The minimum atomic E-state index is -3.07. The standard InChI is InChI=1S/C30H41NO13/c1-41-27(38)22-16-42-28(44-29-25(35)30(39,40)24(34)23(15-33)43-29)21(12-17-5-3-2-4-6-17)20(22)8-7-18-11-19(26(36)37)14-31(13-18)9-10-32/h7-8,11-12,14,16,20-21,23-25,28-29,32-35,39-40H,2-6,9-10,13,15H2,1H3,(H,36,37)/t20-,21+,23+,24+,25-,28-,29-/m0/s1. The lowest BCUT2D eigenvalue weighted by Gasteiger charge is -2.46. The summed E-state index contributed by atoms with van der Waals surface area (Å²) >= 11 is 0. The molecule has 7 atom stereocenters. The summed E-state index contributed by atoms with van der Waals surface area (Å²) in [4.78, 5) is 26.3. The fraction of sp³-hybridized carbons (Fsp3) is 0.600. The highest BCUT2D eigenvalue weighted by Gasteiger charge is 2.56. The van der Waals surface area contributed by atoms with Gasteiger partial charge in [-0.1, -0.05) is 30.2 Å². The molecule has 4 aliphatic rings. The van der Waals surface area contributed by atoms with Crippen LogP contribution in [-0.2, 0) is 28.5 Å². The third kappa shape index (κ3) is 7.58. The maximum absolute atomic E-state index is 12.9. The largest absolute Gasteiger partial charge is 0.478 e. The predicted molar refractivity (Wildman–Crippen MR) is 151 cm³/mol. The molecule has 0 bridgehead atoms. The van der Waals surface area contributed by atoms with Gasteiger partial charge >= 0.3 is 11.9 Å². The lowest BCUT2D eigenvalue weighted by molar-refractivity contribution is -0.404. The number of aliphatic hydroxyl groups is 6. The molecule has 1 saturated heterocycles. The van der Waals surface area contributed by atoms with Gasteiger partial charge in [0.25, 0.3) is 0 Å². The van der Waals surface area contributed by atoms with E-state index in [2.05, 4.69) is 0 Å².